The summed E-state index contributed by atoms with van der Waals surface area (Å²) >= 11 is 0. The first-order chi connectivity index (χ1) is 9.08. The van der Waals surface area contributed by atoms with Crippen LogP contribution in [0.1, 0.15) is 27.2 Å². The lowest BCUT2D eigenvalue weighted by atomic mass is 9.98. The highest BCUT2D eigenvalue weighted by Gasteiger charge is 2.27. The van der Waals surface area contributed by atoms with Gasteiger partial charge in [-0.25, -0.2) is 0 Å². The van der Waals surface area contributed by atoms with Crippen LogP contribution >= 0.6 is 0 Å². The van der Waals surface area contributed by atoms with Crippen molar-refractivity contribution in [1.29, 1.82) is 0 Å². The van der Waals surface area contributed by atoms with E-state index in [9.17, 15) is 0 Å². The molecule has 4 heteroatoms. The summed E-state index contributed by atoms with van der Waals surface area (Å²) in [6.45, 7) is 13.1. The standard InChI is InChI=1S/C15H33N3O/c1-6-16-15(14-8-9-19-12-14)11-18(7-2)13(3)10-17(4)5/h13-16H,6-12H2,1-5H3. The summed E-state index contributed by atoms with van der Waals surface area (Å²) < 4.78 is 5.56. The minimum Gasteiger partial charge on any atom is -0.381 e. The Balaban J connectivity index is 2.53. The highest BCUT2D eigenvalue weighted by Crippen LogP contribution is 2.18. The Hall–Kier alpha value is -0.160. The molecule has 0 spiro atoms. The molecule has 0 aromatic carbocycles. The molecule has 3 atom stereocenters. The van der Waals surface area contributed by atoms with Crippen LogP contribution in [0.2, 0.25) is 0 Å². The van der Waals surface area contributed by atoms with Gasteiger partial charge in [0, 0.05) is 37.7 Å². The van der Waals surface area contributed by atoms with Crippen molar-refractivity contribution < 1.29 is 4.74 Å². The van der Waals surface area contributed by atoms with E-state index in [1.807, 2.05) is 0 Å². The van der Waals surface area contributed by atoms with Crippen molar-refractivity contribution in [2.24, 2.45) is 5.92 Å². The maximum absolute atomic E-state index is 5.56. The van der Waals surface area contributed by atoms with Gasteiger partial charge in [0.25, 0.3) is 0 Å². The Morgan fingerprint density at radius 1 is 1.26 bits per heavy atom. The zero-order valence-electron chi connectivity index (χ0n) is 13.5. The average Bonchev–Trinajstić information content (AvgIpc) is 2.87. The monoisotopic (exact) mass is 271 g/mol. The van der Waals surface area contributed by atoms with Gasteiger partial charge in [-0.15, -0.1) is 0 Å². The molecule has 1 fully saturated rings. The predicted molar refractivity (Wildman–Crippen MR) is 81.7 cm³/mol. The third kappa shape index (κ3) is 5.78. The Bertz CT molecular complexity index is 229. The Morgan fingerprint density at radius 2 is 2.00 bits per heavy atom. The largest absolute Gasteiger partial charge is 0.381 e. The fourth-order valence-corrected chi connectivity index (χ4v) is 3.03. The summed E-state index contributed by atoms with van der Waals surface area (Å²) in [5, 5.41) is 3.66. The Labute approximate surface area is 119 Å². The van der Waals surface area contributed by atoms with Crippen LogP contribution in [0, 0.1) is 5.92 Å². The van der Waals surface area contributed by atoms with Crippen molar-refractivity contribution in [2.75, 3.05) is 53.5 Å². The lowest BCUT2D eigenvalue weighted by Crippen LogP contribution is -2.50. The van der Waals surface area contributed by atoms with Crippen molar-refractivity contribution in [3.05, 3.63) is 0 Å². The third-order valence-corrected chi connectivity index (χ3v) is 4.09. The molecule has 4 nitrogen and oxygen atoms in total. The molecule has 0 aromatic rings. The van der Waals surface area contributed by atoms with Gasteiger partial charge in [-0.3, -0.25) is 4.90 Å². The lowest BCUT2D eigenvalue weighted by molar-refractivity contribution is 0.135. The number of ether oxygens (including phenoxy) is 1. The first-order valence-corrected chi connectivity index (χ1v) is 7.78. The molecule has 1 aliphatic rings. The molecule has 0 radical (unpaired) electrons. The number of hydrogen-bond acceptors (Lipinski definition) is 4. The maximum atomic E-state index is 5.56. The molecule has 1 aliphatic heterocycles. The minimum atomic E-state index is 0.567. The van der Waals surface area contributed by atoms with E-state index in [0.717, 1.165) is 39.4 Å². The molecule has 1 heterocycles. The third-order valence-electron chi connectivity index (χ3n) is 4.09. The van der Waals surface area contributed by atoms with E-state index in [4.69, 9.17) is 4.74 Å². The van der Waals surface area contributed by atoms with Gasteiger partial charge in [0.05, 0.1) is 6.61 Å². The van der Waals surface area contributed by atoms with Gasteiger partial charge < -0.3 is 15.0 Å². The van der Waals surface area contributed by atoms with E-state index in [2.05, 4.69) is 50.0 Å². The normalized spacial score (nSPS) is 23.2. The zero-order chi connectivity index (χ0) is 14.3. The highest BCUT2D eigenvalue weighted by atomic mass is 16.5. The van der Waals surface area contributed by atoms with Crippen LogP contribution < -0.4 is 5.32 Å². The molecular formula is C15H33N3O. The molecule has 0 bridgehead atoms. The van der Waals surface area contributed by atoms with Crippen LogP contribution in [0.25, 0.3) is 0 Å². The number of hydrogen-bond donors (Lipinski definition) is 1. The first kappa shape index (κ1) is 16.9. The van der Waals surface area contributed by atoms with E-state index in [1.165, 1.54) is 6.42 Å². The molecule has 3 unspecified atom stereocenters. The Kier molecular flexibility index (Phi) is 7.91. The van der Waals surface area contributed by atoms with Crippen LogP contribution in [0.4, 0.5) is 0 Å². The lowest BCUT2D eigenvalue weighted by Gasteiger charge is -2.35. The molecule has 19 heavy (non-hydrogen) atoms. The summed E-state index contributed by atoms with van der Waals surface area (Å²) in [4.78, 5) is 4.86. The molecule has 0 aromatic heterocycles. The van der Waals surface area contributed by atoms with E-state index < -0.39 is 0 Å². The molecule has 1 saturated heterocycles. The van der Waals surface area contributed by atoms with Gasteiger partial charge in [-0.05, 0) is 40.5 Å². The molecular weight excluding hydrogens is 238 g/mol. The molecule has 114 valence electrons. The second kappa shape index (κ2) is 8.90. The van der Waals surface area contributed by atoms with E-state index in [1.54, 1.807) is 0 Å². The summed E-state index contributed by atoms with van der Waals surface area (Å²) in [5.74, 6) is 0.681. The smallest absolute Gasteiger partial charge is 0.0510 e. The van der Waals surface area contributed by atoms with E-state index in [0.29, 0.717) is 18.0 Å². The van der Waals surface area contributed by atoms with Gasteiger partial charge >= 0.3 is 0 Å². The number of rotatable bonds is 9. The quantitative estimate of drug-likeness (QED) is 0.683. The topological polar surface area (TPSA) is 27.7 Å². The second-order valence-electron chi connectivity index (χ2n) is 5.99. The summed E-state index contributed by atoms with van der Waals surface area (Å²) in [7, 11) is 4.30. The van der Waals surface area contributed by atoms with Crippen LogP contribution in [0.15, 0.2) is 0 Å². The summed E-state index contributed by atoms with van der Waals surface area (Å²) in [5.41, 5.74) is 0. The fraction of sp³-hybridized carbons (Fsp3) is 1.00. The average molecular weight is 271 g/mol. The van der Waals surface area contributed by atoms with Gasteiger partial charge in [-0.2, -0.15) is 0 Å². The number of nitrogens with zero attached hydrogens (tertiary/aromatic N) is 2. The predicted octanol–water partition coefficient (Wildman–Crippen LogP) is 1.27. The van der Waals surface area contributed by atoms with Crippen LogP contribution in [0.3, 0.4) is 0 Å². The second-order valence-corrected chi connectivity index (χ2v) is 5.99. The minimum absolute atomic E-state index is 0.567. The first-order valence-electron chi connectivity index (χ1n) is 7.78. The van der Waals surface area contributed by atoms with Crippen LogP contribution in [0.5, 0.6) is 0 Å². The van der Waals surface area contributed by atoms with Crippen molar-refractivity contribution in [2.45, 2.75) is 39.3 Å². The highest BCUT2D eigenvalue weighted by molar-refractivity contribution is 4.83. The number of likely N-dealkylation sites (N-methyl/N-ethyl adjacent to an activating group) is 3. The SMILES string of the molecule is CCNC(CN(CC)C(C)CN(C)C)C1CCOC1. The molecule has 0 aliphatic carbocycles. The summed E-state index contributed by atoms with van der Waals surface area (Å²) in [6.07, 6.45) is 1.21. The van der Waals surface area contributed by atoms with Crippen molar-refractivity contribution in [3.8, 4) is 0 Å². The van der Waals surface area contributed by atoms with Crippen molar-refractivity contribution in [1.82, 2.24) is 15.1 Å². The fourth-order valence-electron chi connectivity index (χ4n) is 3.03. The van der Waals surface area contributed by atoms with Crippen molar-refractivity contribution >= 4 is 0 Å². The van der Waals surface area contributed by atoms with E-state index >= 15 is 0 Å². The number of nitrogens with one attached hydrogen (secondary N) is 1. The van der Waals surface area contributed by atoms with Crippen LogP contribution in [-0.4, -0.2) is 75.4 Å². The Morgan fingerprint density at radius 3 is 2.47 bits per heavy atom. The van der Waals surface area contributed by atoms with Crippen LogP contribution in [-0.2, 0) is 4.74 Å². The molecule has 0 saturated carbocycles. The molecule has 1 rings (SSSR count). The zero-order valence-corrected chi connectivity index (χ0v) is 13.5. The van der Waals surface area contributed by atoms with Gasteiger partial charge in [0.15, 0.2) is 0 Å². The van der Waals surface area contributed by atoms with Crippen molar-refractivity contribution in [3.63, 3.8) is 0 Å². The summed E-state index contributed by atoms with van der Waals surface area (Å²) in [6, 6.07) is 1.17. The van der Waals surface area contributed by atoms with Gasteiger partial charge in [0.1, 0.15) is 0 Å². The maximum Gasteiger partial charge on any atom is 0.0510 e. The van der Waals surface area contributed by atoms with E-state index in [-0.39, 0.29) is 0 Å². The molecule has 0 amide bonds. The van der Waals surface area contributed by atoms with Gasteiger partial charge in [-0.1, -0.05) is 13.8 Å². The van der Waals surface area contributed by atoms with Gasteiger partial charge in [0.2, 0.25) is 0 Å². The molecule has 1 N–H and O–H groups in total.